The highest BCUT2D eigenvalue weighted by Gasteiger charge is 2.34. The monoisotopic (exact) mass is 363 g/mol. The van der Waals surface area contributed by atoms with Gasteiger partial charge in [-0.25, -0.2) is 4.98 Å². The number of rotatable bonds is 5. The highest BCUT2D eigenvalue weighted by molar-refractivity contribution is 5.82. The molecule has 2 aromatic carbocycles. The van der Waals surface area contributed by atoms with Crippen molar-refractivity contribution >= 4 is 22.9 Å². The number of aromatic amines is 1. The summed E-state index contributed by atoms with van der Waals surface area (Å²) >= 11 is 0. The van der Waals surface area contributed by atoms with E-state index in [4.69, 9.17) is 0 Å². The van der Waals surface area contributed by atoms with Gasteiger partial charge in [0.1, 0.15) is 0 Å². The van der Waals surface area contributed by atoms with Gasteiger partial charge in [-0.15, -0.1) is 0 Å². The van der Waals surface area contributed by atoms with Gasteiger partial charge in [0, 0.05) is 5.92 Å². The van der Waals surface area contributed by atoms with Gasteiger partial charge in [0.15, 0.2) is 0 Å². The lowest BCUT2D eigenvalue weighted by Gasteiger charge is -2.22. The molecule has 1 unspecified atom stereocenters. The summed E-state index contributed by atoms with van der Waals surface area (Å²) in [5.74, 6) is -1.57. The van der Waals surface area contributed by atoms with Gasteiger partial charge in [-0.1, -0.05) is 36.4 Å². The van der Waals surface area contributed by atoms with Gasteiger partial charge in [0.05, 0.1) is 29.3 Å². The largest absolute Gasteiger partial charge is 0.481 e. The van der Waals surface area contributed by atoms with Crippen molar-refractivity contribution in [2.75, 3.05) is 0 Å². The second-order valence-electron chi connectivity index (χ2n) is 7.08. The minimum absolute atomic E-state index is 0.0858. The van der Waals surface area contributed by atoms with Crippen molar-refractivity contribution in [2.24, 2.45) is 11.8 Å². The van der Waals surface area contributed by atoms with Crippen LogP contribution in [0.3, 0.4) is 0 Å². The molecule has 1 aliphatic rings. The van der Waals surface area contributed by atoms with E-state index in [-0.39, 0.29) is 17.9 Å². The maximum Gasteiger partial charge on any atom is 0.306 e. The Morgan fingerprint density at radius 3 is 2.59 bits per heavy atom. The van der Waals surface area contributed by atoms with E-state index in [9.17, 15) is 14.7 Å². The topological polar surface area (TPSA) is 95.1 Å². The highest BCUT2D eigenvalue weighted by atomic mass is 16.4. The summed E-state index contributed by atoms with van der Waals surface area (Å²) < 4.78 is 0. The number of carbonyl (C=O) groups is 2. The molecular formula is C21H21N3O3. The van der Waals surface area contributed by atoms with E-state index in [2.05, 4.69) is 15.3 Å². The predicted octanol–water partition coefficient (Wildman–Crippen LogP) is 3.27. The van der Waals surface area contributed by atoms with Crippen molar-refractivity contribution in [3.8, 4) is 0 Å². The van der Waals surface area contributed by atoms with Crippen LogP contribution in [-0.2, 0) is 9.59 Å². The second kappa shape index (κ2) is 7.23. The molecule has 1 fully saturated rings. The number of carbonyl (C=O) groups excluding carboxylic acids is 1. The van der Waals surface area contributed by atoms with Crippen LogP contribution in [0.15, 0.2) is 54.9 Å². The van der Waals surface area contributed by atoms with Crippen LogP contribution in [-0.4, -0.2) is 27.0 Å². The molecule has 0 radical (unpaired) electrons. The molecule has 6 nitrogen and oxygen atoms in total. The van der Waals surface area contributed by atoms with Crippen molar-refractivity contribution in [1.29, 1.82) is 0 Å². The van der Waals surface area contributed by atoms with Crippen molar-refractivity contribution in [3.05, 3.63) is 66.0 Å². The lowest BCUT2D eigenvalue weighted by atomic mass is 9.96. The summed E-state index contributed by atoms with van der Waals surface area (Å²) in [5.41, 5.74) is 3.73. The van der Waals surface area contributed by atoms with Gasteiger partial charge in [0.25, 0.3) is 0 Å². The summed E-state index contributed by atoms with van der Waals surface area (Å²) in [6, 6.07) is 15.4. The molecule has 0 aliphatic heterocycles. The van der Waals surface area contributed by atoms with Crippen LogP contribution in [0.4, 0.5) is 0 Å². The predicted molar refractivity (Wildman–Crippen MR) is 101 cm³/mol. The Labute approximate surface area is 156 Å². The van der Waals surface area contributed by atoms with Crippen molar-refractivity contribution < 1.29 is 14.7 Å². The number of aromatic nitrogens is 2. The molecule has 3 N–H and O–H groups in total. The van der Waals surface area contributed by atoms with Crippen LogP contribution < -0.4 is 5.32 Å². The molecule has 1 heterocycles. The molecule has 1 aliphatic carbocycles. The number of hydrogen-bond donors (Lipinski definition) is 3. The number of imidazole rings is 1. The van der Waals surface area contributed by atoms with Gasteiger partial charge in [-0.2, -0.15) is 0 Å². The molecular weight excluding hydrogens is 342 g/mol. The Bertz CT molecular complexity index is 967. The smallest absolute Gasteiger partial charge is 0.306 e. The maximum absolute atomic E-state index is 12.9. The van der Waals surface area contributed by atoms with Crippen LogP contribution in [0.5, 0.6) is 0 Å². The number of H-pyrrole nitrogens is 1. The SMILES string of the molecule is O=C(O)[C@@H]1CC[C@H](C(=O)NC(c2ccccc2)c2ccc3nc[nH]c3c2)C1. The second-order valence-corrected chi connectivity index (χ2v) is 7.08. The molecule has 0 bridgehead atoms. The first-order chi connectivity index (χ1) is 13.1. The average Bonchev–Trinajstić information content (AvgIpc) is 3.35. The van der Waals surface area contributed by atoms with Crippen LogP contribution in [0.25, 0.3) is 11.0 Å². The Morgan fingerprint density at radius 2 is 1.85 bits per heavy atom. The van der Waals surface area contributed by atoms with Gasteiger partial charge in [-0.05, 0) is 42.5 Å². The molecule has 138 valence electrons. The number of nitrogens with one attached hydrogen (secondary N) is 2. The summed E-state index contributed by atoms with van der Waals surface area (Å²) in [6.07, 6.45) is 3.23. The van der Waals surface area contributed by atoms with Crippen LogP contribution in [0.2, 0.25) is 0 Å². The van der Waals surface area contributed by atoms with E-state index in [0.717, 1.165) is 22.2 Å². The summed E-state index contributed by atoms with van der Waals surface area (Å²) in [7, 11) is 0. The minimum atomic E-state index is -0.811. The molecule has 6 heteroatoms. The molecule has 0 spiro atoms. The van der Waals surface area contributed by atoms with Crippen molar-refractivity contribution in [1.82, 2.24) is 15.3 Å². The third-order valence-electron chi connectivity index (χ3n) is 5.35. The van der Waals surface area contributed by atoms with Gasteiger partial charge in [-0.3, -0.25) is 9.59 Å². The molecule has 1 amide bonds. The molecule has 0 saturated heterocycles. The number of benzene rings is 2. The standard InChI is InChI=1S/C21H21N3O3/c25-20(15-6-7-16(10-15)21(26)27)24-19(13-4-2-1-3-5-13)14-8-9-17-18(11-14)23-12-22-17/h1-5,8-9,11-12,15-16,19H,6-7,10H2,(H,22,23)(H,24,25)(H,26,27)/t15-,16+,19?/m0/s1. The highest BCUT2D eigenvalue weighted by Crippen LogP contribution is 2.32. The van der Waals surface area contributed by atoms with Crippen molar-refractivity contribution in [3.63, 3.8) is 0 Å². The number of carboxylic acids is 1. The van der Waals surface area contributed by atoms with E-state index in [1.807, 2.05) is 48.5 Å². The molecule has 1 saturated carbocycles. The quantitative estimate of drug-likeness (QED) is 0.648. The lowest BCUT2D eigenvalue weighted by molar-refractivity contribution is -0.141. The first kappa shape index (κ1) is 17.3. The van der Waals surface area contributed by atoms with E-state index in [1.54, 1.807) is 6.33 Å². The third kappa shape index (κ3) is 3.56. The third-order valence-corrected chi connectivity index (χ3v) is 5.35. The molecule has 3 aromatic rings. The van der Waals surface area contributed by atoms with Crippen molar-refractivity contribution in [2.45, 2.75) is 25.3 Å². The average molecular weight is 363 g/mol. The number of amides is 1. The Balaban J connectivity index is 1.61. The Hall–Kier alpha value is -3.15. The van der Waals surface area contributed by atoms with Gasteiger partial charge >= 0.3 is 5.97 Å². The number of fused-ring (bicyclic) bond motifs is 1. The van der Waals surface area contributed by atoms with Crippen LogP contribution in [0.1, 0.15) is 36.4 Å². The minimum Gasteiger partial charge on any atom is -0.481 e. The Kier molecular flexibility index (Phi) is 4.62. The fourth-order valence-electron chi connectivity index (χ4n) is 3.84. The number of aliphatic carboxylic acids is 1. The summed E-state index contributed by atoms with van der Waals surface area (Å²) in [5, 5.41) is 12.3. The molecule has 4 rings (SSSR count). The zero-order chi connectivity index (χ0) is 18.8. The van der Waals surface area contributed by atoms with E-state index in [1.165, 1.54) is 0 Å². The van der Waals surface area contributed by atoms with E-state index in [0.29, 0.717) is 19.3 Å². The first-order valence-corrected chi connectivity index (χ1v) is 9.13. The molecule has 27 heavy (non-hydrogen) atoms. The number of hydrogen-bond acceptors (Lipinski definition) is 3. The summed E-state index contributed by atoms with van der Waals surface area (Å²) in [6.45, 7) is 0. The normalized spacial score (nSPS) is 20.4. The van der Waals surface area contributed by atoms with E-state index >= 15 is 0 Å². The zero-order valence-corrected chi connectivity index (χ0v) is 14.8. The van der Waals surface area contributed by atoms with Crippen LogP contribution in [0, 0.1) is 11.8 Å². The lowest BCUT2D eigenvalue weighted by Crippen LogP contribution is -2.34. The zero-order valence-electron chi connectivity index (χ0n) is 14.8. The fraction of sp³-hybridized carbons (Fsp3) is 0.286. The first-order valence-electron chi connectivity index (χ1n) is 9.13. The fourth-order valence-corrected chi connectivity index (χ4v) is 3.84. The molecule has 1 aromatic heterocycles. The van der Waals surface area contributed by atoms with E-state index < -0.39 is 11.9 Å². The number of carboxylic acid groups (broad SMARTS) is 1. The van der Waals surface area contributed by atoms with Gasteiger partial charge in [0.2, 0.25) is 5.91 Å². The summed E-state index contributed by atoms with van der Waals surface area (Å²) in [4.78, 5) is 31.4. The molecule has 3 atom stereocenters. The van der Waals surface area contributed by atoms with Crippen LogP contribution >= 0.6 is 0 Å². The Morgan fingerprint density at radius 1 is 1.07 bits per heavy atom. The maximum atomic E-state index is 12.9. The van der Waals surface area contributed by atoms with Gasteiger partial charge < -0.3 is 15.4 Å². The number of nitrogens with zero attached hydrogens (tertiary/aromatic N) is 1.